The highest BCUT2D eigenvalue weighted by atomic mass is 16.6. The first-order valence-corrected chi connectivity index (χ1v) is 6.37. The van der Waals surface area contributed by atoms with Gasteiger partial charge in [0, 0.05) is 18.7 Å². The van der Waals surface area contributed by atoms with E-state index in [1.807, 2.05) is 37.3 Å². The van der Waals surface area contributed by atoms with Gasteiger partial charge in [-0.2, -0.15) is 0 Å². The van der Waals surface area contributed by atoms with Crippen LogP contribution in [0.1, 0.15) is 17.2 Å². The van der Waals surface area contributed by atoms with Gasteiger partial charge in [0.15, 0.2) is 0 Å². The lowest BCUT2D eigenvalue weighted by Crippen LogP contribution is -2.20. The van der Waals surface area contributed by atoms with Crippen LogP contribution in [0.4, 0.5) is 11.4 Å². The molecule has 5 nitrogen and oxygen atoms in total. The van der Waals surface area contributed by atoms with Crippen LogP contribution in [0.3, 0.4) is 0 Å². The summed E-state index contributed by atoms with van der Waals surface area (Å²) in [6.07, 6.45) is 0. The first kappa shape index (κ1) is 14.0. The average Bonchev–Trinajstić information content (AvgIpc) is 2.45. The Balaban J connectivity index is 2.11. The fraction of sp³-hybridized carbons (Fsp3) is 0.200. The van der Waals surface area contributed by atoms with Crippen LogP contribution >= 0.6 is 0 Å². The van der Waals surface area contributed by atoms with E-state index in [0.717, 1.165) is 11.1 Å². The van der Waals surface area contributed by atoms with Crippen LogP contribution in [0.5, 0.6) is 0 Å². The highest BCUT2D eigenvalue weighted by Gasteiger charge is 2.14. The Bertz CT molecular complexity index is 599. The SMILES string of the molecule is Cc1ccc([N+](=O)[O-])c(NCC(N)c2ccccc2)c1. The Labute approximate surface area is 117 Å². The van der Waals surface area contributed by atoms with Gasteiger partial charge < -0.3 is 11.1 Å². The number of hydrogen-bond acceptors (Lipinski definition) is 4. The fourth-order valence-corrected chi connectivity index (χ4v) is 1.99. The Kier molecular flexibility index (Phi) is 4.32. The molecule has 0 saturated carbocycles. The summed E-state index contributed by atoms with van der Waals surface area (Å²) in [6.45, 7) is 2.33. The number of nitrogens with two attached hydrogens (primary N) is 1. The Hall–Kier alpha value is -2.40. The van der Waals surface area contributed by atoms with Gasteiger partial charge in [0.1, 0.15) is 5.69 Å². The van der Waals surface area contributed by atoms with Crippen molar-refractivity contribution in [3.63, 3.8) is 0 Å². The van der Waals surface area contributed by atoms with E-state index >= 15 is 0 Å². The molecule has 0 fully saturated rings. The fourth-order valence-electron chi connectivity index (χ4n) is 1.99. The second kappa shape index (κ2) is 6.16. The Morgan fingerprint density at radius 2 is 1.95 bits per heavy atom. The van der Waals surface area contributed by atoms with Crippen molar-refractivity contribution < 1.29 is 4.92 Å². The van der Waals surface area contributed by atoms with Gasteiger partial charge >= 0.3 is 0 Å². The lowest BCUT2D eigenvalue weighted by molar-refractivity contribution is -0.384. The summed E-state index contributed by atoms with van der Waals surface area (Å²) in [6, 6.07) is 14.4. The smallest absolute Gasteiger partial charge is 0.292 e. The molecular weight excluding hydrogens is 254 g/mol. The minimum absolute atomic E-state index is 0.0656. The molecule has 0 aliphatic heterocycles. The molecule has 5 heteroatoms. The molecule has 3 N–H and O–H groups in total. The Morgan fingerprint density at radius 1 is 1.25 bits per heavy atom. The second-order valence-electron chi connectivity index (χ2n) is 4.68. The van der Waals surface area contributed by atoms with Gasteiger partial charge in [-0.1, -0.05) is 36.4 Å². The lowest BCUT2D eigenvalue weighted by atomic mass is 10.1. The monoisotopic (exact) mass is 271 g/mol. The number of anilines is 1. The van der Waals surface area contributed by atoms with E-state index in [0.29, 0.717) is 12.2 Å². The third kappa shape index (κ3) is 3.33. The number of nitro benzene ring substituents is 1. The predicted molar refractivity (Wildman–Crippen MR) is 79.7 cm³/mol. The third-order valence-electron chi connectivity index (χ3n) is 3.09. The molecule has 2 aromatic rings. The van der Waals surface area contributed by atoms with Crippen molar-refractivity contribution in [2.75, 3.05) is 11.9 Å². The summed E-state index contributed by atoms with van der Waals surface area (Å²) in [7, 11) is 0. The third-order valence-corrected chi connectivity index (χ3v) is 3.09. The first-order chi connectivity index (χ1) is 9.58. The summed E-state index contributed by atoms with van der Waals surface area (Å²) in [4.78, 5) is 10.6. The van der Waals surface area contributed by atoms with E-state index in [1.165, 1.54) is 6.07 Å². The number of aryl methyl sites for hydroxylation is 1. The summed E-state index contributed by atoms with van der Waals surface area (Å²) >= 11 is 0. The molecule has 20 heavy (non-hydrogen) atoms. The van der Waals surface area contributed by atoms with Crippen molar-refractivity contribution in [1.82, 2.24) is 0 Å². The zero-order valence-corrected chi connectivity index (χ0v) is 11.2. The molecule has 0 aliphatic rings. The summed E-state index contributed by atoms with van der Waals surface area (Å²) < 4.78 is 0. The van der Waals surface area contributed by atoms with Crippen molar-refractivity contribution in [1.29, 1.82) is 0 Å². The average molecular weight is 271 g/mol. The first-order valence-electron chi connectivity index (χ1n) is 6.37. The van der Waals surface area contributed by atoms with E-state index in [-0.39, 0.29) is 11.7 Å². The summed E-state index contributed by atoms with van der Waals surface area (Å²) in [5.74, 6) is 0. The molecule has 0 amide bonds. The van der Waals surface area contributed by atoms with Gasteiger partial charge in [-0.25, -0.2) is 0 Å². The minimum atomic E-state index is -0.393. The maximum atomic E-state index is 11.0. The van der Waals surface area contributed by atoms with Gasteiger partial charge in [0.2, 0.25) is 0 Å². The highest BCUT2D eigenvalue weighted by molar-refractivity contribution is 5.62. The largest absolute Gasteiger partial charge is 0.378 e. The molecule has 104 valence electrons. The molecule has 0 heterocycles. The number of rotatable bonds is 5. The molecule has 0 bridgehead atoms. The van der Waals surface area contributed by atoms with E-state index in [2.05, 4.69) is 5.32 Å². The van der Waals surface area contributed by atoms with Gasteiger partial charge in [0.25, 0.3) is 5.69 Å². The standard InChI is InChI=1S/C15H17N3O2/c1-11-7-8-15(18(19)20)14(9-11)17-10-13(16)12-5-3-2-4-6-12/h2-9,13,17H,10,16H2,1H3. The normalized spacial score (nSPS) is 11.9. The number of nitrogens with zero attached hydrogens (tertiary/aromatic N) is 1. The molecule has 2 aromatic carbocycles. The molecule has 0 aromatic heterocycles. The van der Waals surface area contributed by atoms with Gasteiger partial charge in [-0.15, -0.1) is 0 Å². The van der Waals surface area contributed by atoms with Crippen molar-refractivity contribution in [2.45, 2.75) is 13.0 Å². The summed E-state index contributed by atoms with van der Waals surface area (Å²) in [5.41, 5.74) is 8.60. The quantitative estimate of drug-likeness (QED) is 0.647. The molecule has 0 aliphatic carbocycles. The number of nitrogens with one attached hydrogen (secondary N) is 1. The maximum Gasteiger partial charge on any atom is 0.292 e. The van der Waals surface area contributed by atoms with Gasteiger partial charge in [-0.05, 0) is 24.1 Å². The molecule has 0 spiro atoms. The zero-order valence-electron chi connectivity index (χ0n) is 11.2. The van der Waals surface area contributed by atoms with E-state index in [4.69, 9.17) is 5.73 Å². The van der Waals surface area contributed by atoms with Gasteiger partial charge in [-0.3, -0.25) is 10.1 Å². The number of nitro groups is 1. The molecule has 1 unspecified atom stereocenters. The van der Waals surface area contributed by atoms with Crippen molar-refractivity contribution >= 4 is 11.4 Å². The van der Waals surface area contributed by atoms with Crippen molar-refractivity contribution in [3.8, 4) is 0 Å². The minimum Gasteiger partial charge on any atom is -0.378 e. The lowest BCUT2D eigenvalue weighted by Gasteiger charge is -2.14. The number of hydrogen-bond donors (Lipinski definition) is 2. The summed E-state index contributed by atoms with van der Waals surface area (Å²) in [5, 5.41) is 14.0. The predicted octanol–water partition coefficient (Wildman–Crippen LogP) is 3.02. The Morgan fingerprint density at radius 3 is 2.60 bits per heavy atom. The maximum absolute atomic E-state index is 11.0. The van der Waals surface area contributed by atoms with Crippen LogP contribution in [-0.4, -0.2) is 11.5 Å². The molecule has 0 saturated heterocycles. The second-order valence-corrected chi connectivity index (χ2v) is 4.68. The van der Waals surface area contributed by atoms with Crippen molar-refractivity contribution in [2.24, 2.45) is 5.73 Å². The molecule has 1 atom stereocenters. The molecule has 0 radical (unpaired) electrons. The van der Waals surface area contributed by atoms with Crippen LogP contribution in [0.25, 0.3) is 0 Å². The molecular formula is C15H17N3O2. The highest BCUT2D eigenvalue weighted by Crippen LogP contribution is 2.25. The topological polar surface area (TPSA) is 81.2 Å². The van der Waals surface area contributed by atoms with Crippen LogP contribution < -0.4 is 11.1 Å². The van der Waals surface area contributed by atoms with Crippen LogP contribution in [0.15, 0.2) is 48.5 Å². The van der Waals surface area contributed by atoms with Crippen LogP contribution in [-0.2, 0) is 0 Å². The van der Waals surface area contributed by atoms with Crippen LogP contribution in [0.2, 0.25) is 0 Å². The van der Waals surface area contributed by atoms with E-state index in [9.17, 15) is 10.1 Å². The number of benzene rings is 2. The van der Waals surface area contributed by atoms with Gasteiger partial charge in [0.05, 0.1) is 4.92 Å². The van der Waals surface area contributed by atoms with Crippen LogP contribution in [0, 0.1) is 17.0 Å². The molecule has 2 rings (SSSR count). The zero-order chi connectivity index (χ0) is 14.5. The van der Waals surface area contributed by atoms with Crippen molar-refractivity contribution in [3.05, 3.63) is 69.8 Å². The van der Waals surface area contributed by atoms with E-state index in [1.54, 1.807) is 12.1 Å². The van der Waals surface area contributed by atoms with E-state index < -0.39 is 4.92 Å².